The van der Waals surface area contributed by atoms with Gasteiger partial charge in [0.05, 0.1) is 38.0 Å². The van der Waals surface area contributed by atoms with E-state index in [0.29, 0.717) is 75.6 Å². The van der Waals surface area contributed by atoms with Gasteiger partial charge in [-0.25, -0.2) is 14.4 Å². The summed E-state index contributed by atoms with van der Waals surface area (Å²) in [4.78, 5) is 81.0. The van der Waals surface area contributed by atoms with Crippen LogP contribution in [0.5, 0.6) is 0 Å². The fourth-order valence-electron chi connectivity index (χ4n) is 5.42. The number of ether oxygens (including phenoxy) is 3. The molecule has 3 rings (SSSR count). The van der Waals surface area contributed by atoms with Gasteiger partial charge in [0.15, 0.2) is 0 Å². The van der Waals surface area contributed by atoms with Gasteiger partial charge in [0.2, 0.25) is 17.7 Å². The van der Waals surface area contributed by atoms with Crippen LogP contribution in [-0.2, 0) is 48.2 Å². The van der Waals surface area contributed by atoms with E-state index in [-0.39, 0.29) is 17.7 Å². The summed E-state index contributed by atoms with van der Waals surface area (Å²) in [6, 6.07) is 20.6. The van der Waals surface area contributed by atoms with E-state index in [2.05, 4.69) is 4.90 Å². The molecule has 13 heteroatoms. The molecule has 278 valence electrons. The molecule has 0 saturated heterocycles. The van der Waals surface area contributed by atoms with Crippen LogP contribution in [0.15, 0.2) is 72.8 Å². The van der Waals surface area contributed by atoms with Crippen LogP contribution < -0.4 is 0 Å². The zero-order valence-electron chi connectivity index (χ0n) is 30.8. The molecule has 0 saturated carbocycles. The molecule has 0 aromatic heterocycles. The smallest absolute Gasteiger partial charge is 0.337 e. The van der Waals surface area contributed by atoms with Gasteiger partial charge in [-0.1, -0.05) is 36.4 Å². The molecule has 0 unspecified atom stereocenters. The SMILES string of the molecule is COC(=O)c1ccc(CN(CCN(CCN(Cc2ccc(C(=O)OC)cc2)C(C)=O)CCN(Cc2ccc(C(=O)OC)cc2)C(C)=O)C(C)=O)cc1. The minimum Gasteiger partial charge on any atom is -0.465 e. The van der Waals surface area contributed by atoms with Crippen molar-refractivity contribution in [2.24, 2.45) is 0 Å². The second kappa shape index (κ2) is 20.3. The average molecular weight is 717 g/mol. The second-order valence-corrected chi connectivity index (χ2v) is 12.2. The van der Waals surface area contributed by atoms with Crippen molar-refractivity contribution in [1.29, 1.82) is 0 Å². The fourth-order valence-corrected chi connectivity index (χ4v) is 5.42. The molecule has 3 amide bonds. The Balaban J connectivity index is 1.76. The molecule has 52 heavy (non-hydrogen) atoms. The number of carbonyl (C=O) groups is 6. The number of nitrogens with zero attached hydrogens (tertiary/aromatic N) is 4. The zero-order valence-corrected chi connectivity index (χ0v) is 30.8. The molecule has 0 bridgehead atoms. The first kappa shape index (κ1) is 40.9. The zero-order chi connectivity index (χ0) is 38.2. The molecular formula is C39H48N4O9. The Kier molecular flexibility index (Phi) is 16.0. The van der Waals surface area contributed by atoms with Gasteiger partial charge in [-0.15, -0.1) is 0 Å². The van der Waals surface area contributed by atoms with Crippen LogP contribution in [0.2, 0.25) is 0 Å². The standard InChI is InChI=1S/C39H48N4O9/c1-28(44)41(25-31-7-13-34(14-8-31)37(47)50-4)22-19-40(20-23-42(29(2)45)26-32-9-15-35(16-10-32)38(48)51-5)21-24-43(30(3)46)27-33-11-17-36(18-12-33)39(49)52-6/h7-18H,19-27H2,1-6H3. The van der Waals surface area contributed by atoms with Crippen molar-refractivity contribution in [2.75, 3.05) is 60.6 Å². The maximum atomic E-state index is 12.7. The van der Waals surface area contributed by atoms with Gasteiger partial charge in [0.1, 0.15) is 0 Å². The summed E-state index contributed by atoms with van der Waals surface area (Å²) in [7, 11) is 3.95. The Morgan fingerprint density at radius 2 is 0.635 bits per heavy atom. The summed E-state index contributed by atoms with van der Waals surface area (Å²) in [6.45, 7) is 7.97. The molecule has 0 radical (unpaired) electrons. The molecule has 0 spiro atoms. The maximum Gasteiger partial charge on any atom is 0.337 e. The van der Waals surface area contributed by atoms with E-state index in [1.54, 1.807) is 87.5 Å². The highest BCUT2D eigenvalue weighted by molar-refractivity contribution is 5.90. The maximum absolute atomic E-state index is 12.7. The summed E-state index contributed by atoms with van der Waals surface area (Å²) < 4.78 is 14.3. The second-order valence-electron chi connectivity index (χ2n) is 12.2. The van der Waals surface area contributed by atoms with Crippen molar-refractivity contribution in [3.8, 4) is 0 Å². The van der Waals surface area contributed by atoms with Crippen LogP contribution in [0.3, 0.4) is 0 Å². The number of amides is 3. The van der Waals surface area contributed by atoms with E-state index in [1.807, 2.05) is 0 Å². The van der Waals surface area contributed by atoms with Crippen molar-refractivity contribution in [3.05, 3.63) is 106 Å². The van der Waals surface area contributed by atoms with E-state index in [4.69, 9.17) is 14.2 Å². The fraction of sp³-hybridized carbons (Fsp3) is 0.385. The van der Waals surface area contributed by atoms with Crippen molar-refractivity contribution < 1.29 is 43.0 Å². The lowest BCUT2D eigenvalue weighted by Gasteiger charge is -2.31. The molecular weight excluding hydrogens is 668 g/mol. The van der Waals surface area contributed by atoms with Crippen molar-refractivity contribution in [3.63, 3.8) is 0 Å². The number of hydrogen-bond donors (Lipinski definition) is 0. The van der Waals surface area contributed by atoms with Crippen molar-refractivity contribution in [2.45, 2.75) is 40.4 Å². The van der Waals surface area contributed by atoms with Gasteiger partial charge in [-0.3, -0.25) is 19.3 Å². The van der Waals surface area contributed by atoms with Crippen LogP contribution >= 0.6 is 0 Å². The topological polar surface area (TPSA) is 143 Å². The molecule has 0 aliphatic heterocycles. The summed E-state index contributed by atoms with van der Waals surface area (Å²) in [5.41, 5.74) is 3.77. The third-order valence-electron chi connectivity index (χ3n) is 8.64. The Morgan fingerprint density at radius 1 is 0.404 bits per heavy atom. The first-order valence-corrected chi connectivity index (χ1v) is 16.9. The van der Waals surface area contributed by atoms with Gasteiger partial charge >= 0.3 is 17.9 Å². The van der Waals surface area contributed by atoms with E-state index in [0.717, 1.165) is 16.7 Å². The Morgan fingerprint density at radius 3 is 0.827 bits per heavy atom. The van der Waals surface area contributed by atoms with Crippen LogP contribution in [-0.4, -0.2) is 116 Å². The summed E-state index contributed by atoms with van der Waals surface area (Å²) in [6.07, 6.45) is 0. The average Bonchev–Trinajstić information content (AvgIpc) is 3.15. The molecule has 0 aliphatic carbocycles. The normalized spacial score (nSPS) is 10.7. The lowest BCUT2D eigenvalue weighted by atomic mass is 10.1. The minimum atomic E-state index is -0.443. The van der Waals surface area contributed by atoms with E-state index >= 15 is 0 Å². The highest BCUT2D eigenvalue weighted by atomic mass is 16.5. The quantitative estimate of drug-likeness (QED) is 0.141. The number of rotatable bonds is 18. The first-order valence-electron chi connectivity index (χ1n) is 16.9. The Hall–Kier alpha value is -5.56. The monoisotopic (exact) mass is 716 g/mol. The summed E-state index contributed by atoms with van der Waals surface area (Å²) in [5, 5.41) is 0. The lowest BCUT2D eigenvalue weighted by Crippen LogP contribution is -2.45. The lowest BCUT2D eigenvalue weighted by molar-refractivity contribution is -0.129. The van der Waals surface area contributed by atoms with Gasteiger partial charge in [0, 0.05) is 79.7 Å². The molecule has 0 atom stereocenters. The highest BCUT2D eigenvalue weighted by Crippen LogP contribution is 2.13. The molecule has 0 N–H and O–H groups in total. The van der Waals surface area contributed by atoms with E-state index < -0.39 is 17.9 Å². The molecule has 0 aliphatic rings. The minimum absolute atomic E-state index is 0.126. The molecule has 3 aromatic rings. The van der Waals surface area contributed by atoms with Crippen LogP contribution in [0.1, 0.15) is 68.5 Å². The molecule has 0 fully saturated rings. The highest BCUT2D eigenvalue weighted by Gasteiger charge is 2.19. The Labute approximate surface area is 305 Å². The predicted molar refractivity (Wildman–Crippen MR) is 193 cm³/mol. The van der Waals surface area contributed by atoms with Gasteiger partial charge in [-0.05, 0) is 53.1 Å². The summed E-state index contributed by atoms with van der Waals surface area (Å²) >= 11 is 0. The molecule has 13 nitrogen and oxygen atoms in total. The van der Waals surface area contributed by atoms with Gasteiger partial charge in [0.25, 0.3) is 0 Å². The largest absolute Gasteiger partial charge is 0.465 e. The third-order valence-corrected chi connectivity index (χ3v) is 8.64. The third kappa shape index (κ3) is 12.6. The Bertz CT molecular complexity index is 1480. The van der Waals surface area contributed by atoms with Crippen LogP contribution in [0.4, 0.5) is 0 Å². The van der Waals surface area contributed by atoms with Gasteiger partial charge in [-0.2, -0.15) is 0 Å². The van der Waals surface area contributed by atoms with Crippen molar-refractivity contribution >= 4 is 35.6 Å². The van der Waals surface area contributed by atoms with Crippen LogP contribution in [0.25, 0.3) is 0 Å². The van der Waals surface area contributed by atoms with Crippen molar-refractivity contribution in [1.82, 2.24) is 19.6 Å². The number of benzene rings is 3. The molecule has 3 aromatic carbocycles. The summed E-state index contributed by atoms with van der Waals surface area (Å²) in [5.74, 6) is -1.71. The van der Waals surface area contributed by atoms with E-state index in [1.165, 1.54) is 42.1 Å². The predicted octanol–water partition coefficient (Wildman–Crippen LogP) is 3.79. The van der Waals surface area contributed by atoms with E-state index in [9.17, 15) is 28.8 Å². The molecule has 0 heterocycles. The van der Waals surface area contributed by atoms with Crippen LogP contribution in [0, 0.1) is 0 Å². The number of hydrogen-bond acceptors (Lipinski definition) is 10. The number of methoxy groups -OCH3 is 3. The number of carbonyl (C=O) groups excluding carboxylic acids is 6. The number of esters is 3. The first-order chi connectivity index (χ1) is 24.8. The van der Waals surface area contributed by atoms with Gasteiger partial charge < -0.3 is 28.9 Å².